The van der Waals surface area contributed by atoms with Gasteiger partial charge >= 0.3 is 0 Å². The molecule has 0 radical (unpaired) electrons. The van der Waals surface area contributed by atoms with Crippen LogP contribution >= 0.6 is 0 Å². The molecule has 5 N–H and O–H groups in total. The van der Waals surface area contributed by atoms with Gasteiger partial charge in [0, 0.05) is 7.11 Å². The van der Waals surface area contributed by atoms with Crippen molar-refractivity contribution >= 4 is 0 Å². The molecule has 0 aromatic heterocycles. The van der Waals surface area contributed by atoms with Crippen molar-refractivity contribution in [1.29, 1.82) is 0 Å². The van der Waals surface area contributed by atoms with Crippen LogP contribution in [0.3, 0.4) is 0 Å². The van der Waals surface area contributed by atoms with E-state index >= 15 is 0 Å². The number of hydrogen-bond donors (Lipinski definition) is 5. The van der Waals surface area contributed by atoms with E-state index in [0.29, 0.717) is 0 Å². The second-order valence-electron chi connectivity index (χ2n) is 3.47. The molecule has 0 saturated heterocycles. The zero-order chi connectivity index (χ0) is 11.4. The molecular weight excluding hydrogens is 192 g/mol. The van der Waals surface area contributed by atoms with Gasteiger partial charge in [-0.2, -0.15) is 0 Å². The first kappa shape index (κ1) is 13.8. The molecule has 0 aliphatic heterocycles. The number of aliphatic hydroxyl groups excluding tert-OH is 4. The number of methoxy groups -OCH3 is 1. The third-order valence-corrected chi connectivity index (χ3v) is 2.01. The predicted molar refractivity (Wildman–Crippen MR) is 47.6 cm³/mol. The van der Waals surface area contributed by atoms with Crippen LogP contribution in [0.1, 0.15) is 6.92 Å². The van der Waals surface area contributed by atoms with E-state index in [1.165, 1.54) is 7.11 Å². The second-order valence-corrected chi connectivity index (χ2v) is 3.47. The fourth-order valence-corrected chi connectivity index (χ4v) is 0.941. The Labute approximate surface area is 82.4 Å². The van der Waals surface area contributed by atoms with E-state index in [1.54, 1.807) is 0 Å². The third-order valence-electron chi connectivity index (χ3n) is 2.01. The van der Waals surface area contributed by atoms with Crippen LogP contribution in [0.5, 0.6) is 0 Å². The summed E-state index contributed by atoms with van der Waals surface area (Å²) in [6.45, 7) is 0.269. The van der Waals surface area contributed by atoms with Crippen molar-refractivity contribution in [2.75, 3.05) is 20.3 Å². The minimum absolute atomic E-state index is 0.167. The van der Waals surface area contributed by atoms with Crippen molar-refractivity contribution in [2.45, 2.75) is 30.8 Å². The van der Waals surface area contributed by atoms with Gasteiger partial charge in [0.25, 0.3) is 0 Å². The zero-order valence-electron chi connectivity index (χ0n) is 8.29. The van der Waals surface area contributed by atoms with E-state index in [4.69, 9.17) is 5.11 Å². The lowest BCUT2D eigenvalue weighted by atomic mass is 9.93. The zero-order valence-corrected chi connectivity index (χ0v) is 8.29. The highest BCUT2D eigenvalue weighted by Crippen LogP contribution is 2.14. The van der Waals surface area contributed by atoms with Gasteiger partial charge in [0.2, 0.25) is 0 Å². The Morgan fingerprint density at radius 1 is 1.29 bits per heavy atom. The average molecular weight is 210 g/mol. The van der Waals surface area contributed by atoms with Crippen molar-refractivity contribution in [1.82, 2.24) is 0 Å². The van der Waals surface area contributed by atoms with Crippen LogP contribution in [-0.2, 0) is 4.74 Å². The number of aliphatic hydroxyl groups is 5. The Bertz CT molecular complexity index is 160. The maximum absolute atomic E-state index is 9.37. The summed E-state index contributed by atoms with van der Waals surface area (Å²) in [6, 6.07) is 0. The molecule has 0 fully saturated rings. The highest BCUT2D eigenvalue weighted by Gasteiger charge is 2.38. The molecule has 0 saturated carbocycles. The Morgan fingerprint density at radius 3 is 2.14 bits per heavy atom. The number of rotatable bonds is 6. The SMILES string of the molecule is COC[C@H](O)[C@@H](O)[C@H](O)[C@](C)(O)CO. The van der Waals surface area contributed by atoms with Crippen LogP contribution < -0.4 is 0 Å². The predicted octanol–water partition coefficient (Wildman–Crippen LogP) is -2.54. The van der Waals surface area contributed by atoms with Gasteiger partial charge in [0.1, 0.15) is 23.9 Å². The van der Waals surface area contributed by atoms with E-state index < -0.39 is 30.5 Å². The van der Waals surface area contributed by atoms with Crippen molar-refractivity contribution in [2.24, 2.45) is 0 Å². The first-order chi connectivity index (χ1) is 6.36. The van der Waals surface area contributed by atoms with Gasteiger partial charge in [0.05, 0.1) is 13.2 Å². The minimum Gasteiger partial charge on any atom is -0.393 e. The number of ether oxygens (including phenoxy) is 1. The Morgan fingerprint density at radius 2 is 1.79 bits per heavy atom. The maximum atomic E-state index is 9.37. The summed E-state index contributed by atoms with van der Waals surface area (Å²) in [5.74, 6) is 0. The standard InChI is InChI=1S/C8H18O6/c1-8(13,4-9)7(12)6(11)5(10)3-14-2/h5-7,9-13H,3-4H2,1-2H3/t5-,6+,7-,8+/m0/s1. The normalized spacial score (nSPS) is 22.5. The topological polar surface area (TPSA) is 110 Å². The molecule has 0 bridgehead atoms. The largest absolute Gasteiger partial charge is 0.393 e. The summed E-state index contributed by atoms with van der Waals surface area (Å²) >= 11 is 0. The molecule has 0 aliphatic carbocycles. The van der Waals surface area contributed by atoms with Gasteiger partial charge in [-0.05, 0) is 6.92 Å². The van der Waals surface area contributed by atoms with Gasteiger partial charge in [-0.15, -0.1) is 0 Å². The first-order valence-corrected chi connectivity index (χ1v) is 4.23. The minimum atomic E-state index is -1.85. The fourth-order valence-electron chi connectivity index (χ4n) is 0.941. The quantitative estimate of drug-likeness (QED) is 0.330. The van der Waals surface area contributed by atoms with Crippen molar-refractivity contribution in [3.8, 4) is 0 Å². The summed E-state index contributed by atoms with van der Waals surface area (Å²) in [7, 11) is 1.33. The van der Waals surface area contributed by atoms with Crippen molar-refractivity contribution < 1.29 is 30.3 Å². The van der Waals surface area contributed by atoms with Gasteiger partial charge in [-0.3, -0.25) is 0 Å². The van der Waals surface area contributed by atoms with E-state index in [9.17, 15) is 20.4 Å². The van der Waals surface area contributed by atoms with Crippen LogP contribution in [0.25, 0.3) is 0 Å². The Balaban J connectivity index is 4.30. The maximum Gasteiger partial charge on any atom is 0.113 e. The Hall–Kier alpha value is -0.240. The van der Waals surface area contributed by atoms with Crippen LogP contribution in [0.15, 0.2) is 0 Å². The molecular formula is C8H18O6. The summed E-state index contributed by atoms with van der Waals surface area (Å²) in [4.78, 5) is 0. The molecule has 0 aromatic carbocycles. The smallest absolute Gasteiger partial charge is 0.113 e. The van der Waals surface area contributed by atoms with E-state index in [1.807, 2.05) is 0 Å². The van der Waals surface area contributed by atoms with Crippen LogP contribution in [0, 0.1) is 0 Å². The molecule has 4 atom stereocenters. The molecule has 0 heterocycles. The summed E-state index contributed by atoms with van der Waals surface area (Å²) < 4.78 is 4.56. The van der Waals surface area contributed by atoms with Crippen molar-refractivity contribution in [3.05, 3.63) is 0 Å². The monoisotopic (exact) mass is 210 g/mol. The highest BCUT2D eigenvalue weighted by atomic mass is 16.5. The van der Waals surface area contributed by atoms with Gasteiger partial charge in [-0.1, -0.05) is 0 Å². The van der Waals surface area contributed by atoms with E-state index in [2.05, 4.69) is 4.74 Å². The van der Waals surface area contributed by atoms with Crippen molar-refractivity contribution in [3.63, 3.8) is 0 Å². The Kier molecular flexibility index (Phi) is 5.50. The third kappa shape index (κ3) is 3.49. The van der Waals surface area contributed by atoms with Crippen LogP contribution in [-0.4, -0.2) is 69.8 Å². The van der Waals surface area contributed by atoms with E-state index in [0.717, 1.165) is 6.92 Å². The molecule has 6 heteroatoms. The number of hydrogen-bond acceptors (Lipinski definition) is 6. The molecule has 0 unspecified atom stereocenters. The lowest BCUT2D eigenvalue weighted by molar-refractivity contribution is -0.166. The molecule has 6 nitrogen and oxygen atoms in total. The lowest BCUT2D eigenvalue weighted by Crippen LogP contribution is -2.54. The molecule has 0 rings (SSSR count). The fraction of sp³-hybridized carbons (Fsp3) is 1.00. The molecule has 0 aliphatic rings. The highest BCUT2D eigenvalue weighted by molar-refractivity contribution is 4.89. The molecule has 86 valence electrons. The van der Waals surface area contributed by atoms with E-state index in [-0.39, 0.29) is 6.61 Å². The summed E-state index contributed by atoms with van der Waals surface area (Å²) in [6.07, 6.45) is -4.53. The molecule has 14 heavy (non-hydrogen) atoms. The first-order valence-electron chi connectivity index (χ1n) is 4.23. The van der Waals surface area contributed by atoms with Crippen LogP contribution in [0.4, 0.5) is 0 Å². The van der Waals surface area contributed by atoms with Gasteiger partial charge in [0.15, 0.2) is 0 Å². The lowest BCUT2D eigenvalue weighted by Gasteiger charge is -2.32. The van der Waals surface area contributed by atoms with Gasteiger partial charge in [-0.25, -0.2) is 0 Å². The summed E-state index contributed by atoms with van der Waals surface area (Å²) in [5.41, 5.74) is -1.85. The second kappa shape index (κ2) is 5.59. The van der Waals surface area contributed by atoms with Crippen LogP contribution in [0.2, 0.25) is 0 Å². The van der Waals surface area contributed by atoms with Gasteiger partial charge < -0.3 is 30.3 Å². The molecule has 0 spiro atoms. The average Bonchev–Trinajstić information content (AvgIpc) is 2.15. The summed E-state index contributed by atoms with van der Waals surface area (Å²) in [5, 5.41) is 46.0. The molecule has 0 amide bonds. The molecule has 0 aromatic rings.